The van der Waals surface area contributed by atoms with Crippen molar-refractivity contribution < 1.29 is 23.8 Å². The van der Waals surface area contributed by atoms with E-state index in [9.17, 15) is 9.59 Å². The van der Waals surface area contributed by atoms with Gasteiger partial charge in [-0.3, -0.25) is 4.79 Å². The molecule has 0 saturated carbocycles. The summed E-state index contributed by atoms with van der Waals surface area (Å²) < 4.78 is 17.9. The summed E-state index contributed by atoms with van der Waals surface area (Å²) in [6, 6.07) is 18.2. The number of carbonyl (C=O) groups is 2. The number of nitrogens with zero attached hydrogens (tertiary/aromatic N) is 1. The van der Waals surface area contributed by atoms with Crippen LogP contribution in [0.2, 0.25) is 0 Å². The van der Waals surface area contributed by atoms with Crippen LogP contribution < -0.4 is 9.47 Å². The minimum atomic E-state index is -0.537. The number of rotatable bonds is 9. The van der Waals surface area contributed by atoms with Crippen LogP contribution in [-0.4, -0.2) is 35.6 Å². The molecule has 34 heavy (non-hydrogen) atoms. The highest BCUT2D eigenvalue weighted by Crippen LogP contribution is 2.20. The highest BCUT2D eigenvalue weighted by molar-refractivity contribution is 6.08. The third kappa shape index (κ3) is 6.85. The van der Waals surface area contributed by atoms with E-state index in [0.29, 0.717) is 22.8 Å². The SMILES string of the molecule is COc1ccc(C(=O)c2cccn2C(C)C=Cc2ccc(OCC(=O)OC(C)(C)C)cc2)cc1. The molecule has 0 amide bonds. The largest absolute Gasteiger partial charge is 0.497 e. The van der Waals surface area contributed by atoms with E-state index in [0.717, 1.165) is 5.56 Å². The third-order valence-corrected chi connectivity index (χ3v) is 5.03. The molecular weight excluding hydrogens is 430 g/mol. The molecule has 0 N–H and O–H groups in total. The van der Waals surface area contributed by atoms with Crippen molar-refractivity contribution >= 4 is 17.8 Å². The van der Waals surface area contributed by atoms with Gasteiger partial charge in [0.15, 0.2) is 6.61 Å². The number of carbonyl (C=O) groups excluding carboxylic acids is 2. The zero-order chi connectivity index (χ0) is 24.7. The predicted octanol–water partition coefficient (Wildman–Crippen LogP) is 5.72. The van der Waals surface area contributed by atoms with Crippen LogP contribution in [0.5, 0.6) is 11.5 Å². The lowest BCUT2D eigenvalue weighted by Crippen LogP contribution is -2.27. The van der Waals surface area contributed by atoms with E-state index >= 15 is 0 Å². The number of ether oxygens (including phenoxy) is 3. The summed E-state index contributed by atoms with van der Waals surface area (Å²) in [7, 11) is 1.60. The van der Waals surface area contributed by atoms with Gasteiger partial charge in [-0.1, -0.05) is 24.3 Å². The normalized spacial score (nSPS) is 12.4. The Morgan fingerprint density at radius 2 is 1.62 bits per heavy atom. The number of hydrogen-bond acceptors (Lipinski definition) is 5. The van der Waals surface area contributed by atoms with Crippen LogP contribution in [0.15, 0.2) is 72.9 Å². The van der Waals surface area contributed by atoms with E-state index in [4.69, 9.17) is 14.2 Å². The van der Waals surface area contributed by atoms with Crippen LogP contribution in [0.1, 0.15) is 55.4 Å². The summed E-state index contributed by atoms with van der Waals surface area (Å²) >= 11 is 0. The van der Waals surface area contributed by atoms with Crippen LogP contribution in [0.3, 0.4) is 0 Å². The number of hydrogen-bond donors (Lipinski definition) is 0. The van der Waals surface area contributed by atoms with Gasteiger partial charge in [0.05, 0.1) is 12.8 Å². The van der Waals surface area contributed by atoms with Crippen LogP contribution in [0.25, 0.3) is 6.08 Å². The lowest BCUT2D eigenvalue weighted by atomic mass is 10.1. The van der Waals surface area contributed by atoms with E-state index in [1.807, 2.05) is 87.0 Å². The summed E-state index contributed by atoms with van der Waals surface area (Å²) in [5, 5.41) is 0. The molecule has 3 aromatic rings. The molecule has 0 aliphatic heterocycles. The quantitative estimate of drug-likeness (QED) is 0.301. The van der Waals surface area contributed by atoms with E-state index in [2.05, 4.69) is 0 Å². The molecule has 178 valence electrons. The van der Waals surface area contributed by atoms with Gasteiger partial charge >= 0.3 is 5.97 Å². The Bertz CT molecular complexity index is 1130. The zero-order valence-electron chi connectivity index (χ0n) is 20.3. The second kappa shape index (κ2) is 10.9. The number of benzene rings is 2. The minimum Gasteiger partial charge on any atom is -0.497 e. The number of ketones is 1. The molecule has 0 spiro atoms. The Hall–Kier alpha value is -3.80. The number of methoxy groups -OCH3 is 1. The minimum absolute atomic E-state index is 0.0321. The Labute approximate surface area is 200 Å². The monoisotopic (exact) mass is 461 g/mol. The van der Waals surface area contributed by atoms with Crippen molar-refractivity contribution in [3.63, 3.8) is 0 Å². The molecule has 0 fully saturated rings. The summed E-state index contributed by atoms with van der Waals surface area (Å²) in [5.41, 5.74) is 1.67. The second-order valence-electron chi connectivity index (χ2n) is 8.90. The zero-order valence-corrected chi connectivity index (χ0v) is 20.3. The van der Waals surface area contributed by atoms with Crippen molar-refractivity contribution in [2.24, 2.45) is 0 Å². The maximum Gasteiger partial charge on any atom is 0.344 e. The lowest BCUT2D eigenvalue weighted by molar-refractivity contribution is -0.157. The van der Waals surface area contributed by atoms with Gasteiger partial charge in [0.2, 0.25) is 5.78 Å². The van der Waals surface area contributed by atoms with Crippen molar-refractivity contribution in [2.75, 3.05) is 13.7 Å². The molecule has 2 aromatic carbocycles. The molecule has 0 radical (unpaired) electrons. The summed E-state index contributed by atoms with van der Waals surface area (Å²) in [5.74, 6) is 0.856. The number of aromatic nitrogens is 1. The molecule has 0 bridgehead atoms. The first-order valence-corrected chi connectivity index (χ1v) is 11.1. The standard InChI is InChI=1S/C28H31NO5/c1-20(29-18-6-7-25(29)27(31)22-12-16-23(32-5)17-13-22)8-9-21-10-14-24(15-11-21)33-19-26(30)34-28(2,3)4/h6-18,20H,19H2,1-5H3. The van der Waals surface area contributed by atoms with Gasteiger partial charge in [-0.2, -0.15) is 0 Å². The first kappa shape index (κ1) is 24.8. The van der Waals surface area contributed by atoms with Crippen molar-refractivity contribution in [2.45, 2.75) is 39.3 Å². The molecule has 1 heterocycles. The predicted molar refractivity (Wildman–Crippen MR) is 132 cm³/mol. The fourth-order valence-corrected chi connectivity index (χ4v) is 3.36. The molecular formula is C28H31NO5. The third-order valence-electron chi connectivity index (χ3n) is 5.03. The van der Waals surface area contributed by atoms with Gasteiger partial charge in [0.25, 0.3) is 0 Å². The van der Waals surface area contributed by atoms with E-state index in [-0.39, 0.29) is 18.4 Å². The molecule has 1 unspecified atom stereocenters. The van der Waals surface area contributed by atoms with E-state index in [1.165, 1.54) is 0 Å². The maximum absolute atomic E-state index is 13.0. The van der Waals surface area contributed by atoms with Crippen LogP contribution in [-0.2, 0) is 9.53 Å². The molecule has 6 nitrogen and oxygen atoms in total. The number of esters is 1. The van der Waals surface area contributed by atoms with Crippen molar-refractivity contribution in [3.8, 4) is 11.5 Å². The van der Waals surface area contributed by atoms with Gasteiger partial charge in [-0.25, -0.2) is 4.79 Å². The van der Waals surface area contributed by atoms with Crippen molar-refractivity contribution in [3.05, 3.63) is 89.8 Å². The smallest absolute Gasteiger partial charge is 0.344 e. The van der Waals surface area contributed by atoms with Crippen molar-refractivity contribution in [1.82, 2.24) is 4.57 Å². The van der Waals surface area contributed by atoms with Gasteiger partial charge in [-0.05, 0) is 81.8 Å². The summed E-state index contributed by atoms with van der Waals surface area (Å²) in [6.07, 6.45) is 5.92. The number of allylic oxidation sites excluding steroid dienone is 1. The molecule has 3 rings (SSSR count). The van der Waals surface area contributed by atoms with Crippen LogP contribution in [0.4, 0.5) is 0 Å². The fourth-order valence-electron chi connectivity index (χ4n) is 3.36. The van der Waals surface area contributed by atoms with E-state index in [1.54, 1.807) is 31.4 Å². The molecule has 6 heteroatoms. The van der Waals surface area contributed by atoms with E-state index < -0.39 is 11.6 Å². The fraction of sp³-hybridized carbons (Fsp3) is 0.286. The summed E-state index contributed by atoms with van der Waals surface area (Å²) in [4.78, 5) is 24.8. The summed E-state index contributed by atoms with van der Waals surface area (Å²) in [6.45, 7) is 7.35. The Kier molecular flexibility index (Phi) is 7.95. The molecule has 0 aliphatic rings. The first-order chi connectivity index (χ1) is 16.2. The Balaban J connectivity index is 1.62. The van der Waals surface area contributed by atoms with Crippen LogP contribution in [0, 0.1) is 0 Å². The maximum atomic E-state index is 13.0. The highest BCUT2D eigenvalue weighted by atomic mass is 16.6. The van der Waals surface area contributed by atoms with Gasteiger partial charge in [0.1, 0.15) is 17.1 Å². The first-order valence-electron chi connectivity index (χ1n) is 11.1. The van der Waals surface area contributed by atoms with Gasteiger partial charge < -0.3 is 18.8 Å². The van der Waals surface area contributed by atoms with Crippen molar-refractivity contribution in [1.29, 1.82) is 0 Å². The highest BCUT2D eigenvalue weighted by Gasteiger charge is 2.17. The molecule has 0 aliphatic carbocycles. The van der Waals surface area contributed by atoms with Gasteiger partial charge in [-0.15, -0.1) is 0 Å². The average Bonchev–Trinajstić information content (AvgIpc) is 3.30. The van der Waals surface area contributed by atoms with Crippen LogP contribution >= 0.6 is 0 Å². The average molecular weight is 462 g/mol. The second-order valence-corrected chi connectivity index (χ2v) is 8.90. The Morgan fingerprint density at radius 3 is 2.24 bits per heavy atom. The molecule has 0 saturated heterocycles. The lowest BCUT2D eigenvalue weighted by Gasteiger charge is -2.19. The Morgan fingerprint density at radius 1 is 0.971 bits per heavy atom. The van der Waals surface area contributed by atoms with Gasteiger partial charge in [0, 0.05) is 17.8 Å². The molecule has 1 atom stereocenters. The molecule has 1 aromatic heterocycles. The topological polar surface area (TPSA) is 66.8 Å².